The quantitative estimate of drug-likeness (QED) is 0.581. The lowest BCUT2D eigenvalue weighted by molar-refractivity contribution is 0.0556. The highest BCUT2D eigenvalue weighted by molar-refractivity contribution is 7.89. The average Bonchev–Trinajstić information content (AvgIpc) is 2.34. The fourth-order valence-electron chi connectivity index (χ4n) is 1.32. The maximum absolute atomic E-state index is 11.3. The molecular formula is C10H20N4O5S2. The number of hydrogen-bond acceptors (Lipinski definition) is 7. The van der Waals surface area contributed by atoms with Crippen molar-refractivity contribution in [2.45, 2.75) is 32.1 Å². The van der Waals surface area contributed by atoms with E-state index in [4.69, 9.17) is 18.3 Å². The molecule has 1 rings (SSSR count). The monoisotopic (exact) mass is 340 g/mol. The van der Waals surface area contributed by atoms with E-state index in [2.05, 4.69) is 15.1 Å². The Kier molecular flexibility index (Phi) is 8.51. The summed E-state index contributed by atoms with van der Waals surface area (Å²) in [5.74, 6) is 0.332. The van der Waals surface area contributed by atoms with Gasteiger partial charge in [-0.2, -0.15) is 0 Å². The molecule has 0 saturated carbocycles. The standard InChI is InChI=1S/C10H17N3O3S.H3NO2S/c1-4-16-9(8(3)17(11,14)15)10-12-5-7(2)6-13-10;1-4(2)3/h5-6,8-9H,4H2,1-3H3,(H2,11,14,15);4H,(H2,1,2,3)/t8-,9-;/m0./s1. The first-order chi connectivity index (χ1) is 9.59. The summed E-state index contributed by atoms with van der Waals surface area (Å²) in [4.78, 5) is 8.15. The van der Waals surface area contributed by atoms with Gasteiger partial charge in [-0.05, 0) is 26.3 Å². The number of sulfonamides is 1. The second-order valence-electron chi connectivity index (χ2n) is 4.07. The molecule has 1 heterocycles. The third kappa shape index (κ3) is 8.02. The highest BCUT2D eigenvalue weighted by Crippen LogP contribution is 2.21. The lowest BCUT2D eigenvalue weighted by Crippen LogP contribution is -2.33. The van der Waals surface area contributed by atoms with Crippen molar-refractivity contribution in [3.8, 4) is 0 Å². The minimum absolute atomic E-state index is 0.332. The Hall–Kier alpha value is -1.14. The molecule has 122 valence electrons. The third-order valence-corrected chi connectivity index (χ3v) is 3.63. The summed E-state index contributed by atoms with van der Waals surface area (Å²) in [5, 5.41) is 8.29. The molecule has 0 aliphatic heterocycles. The number of nitrogens with two attached hydrogens (primary N) is 2. The molecule has 1 aromatic heterocycles. The van der Waals surface area contributed by atoms with Crippen molar-refractivity contribution in [1.29, 1.82) is 0 Å². The maximum atomic E-state index is 11.3. The highest BCUT2D eigenvalue weighted by Gasteiger charge is 2.30. The van der Waals surface area contributed by atoms with Crippen LogP contribution in [0.4, 0.5) is 0 Å². The molecule has 2 atom stereocenters. The second kappa shape index (κ2) is 9.00. The van der Waals surface area contributed by atoms with E-state index < -0.39 is 32.3 Å². The van der Waals surface area contributed by atoms with Gasteiger partial charge in [-0.3, -0.25) is 0 Å². The van der Waals surface area contributed by atoms with Crippen molar-refractivity contribution < 1.29 is 21.6 Å². The van der Waals surface area contributed by atoms with Gasteiger partial charge in [-0.15, -0.1) is 0 Å². The van der Waals surface area contributed by atoms with Crippen molar-refractivity contribution in [1.82, 2.24) is 9.97 Å². The number of aromatic nitrogens is 2. The molecule has 0 aromatic carbocycles. The molecule has 1 aromatic rings. The van der Waals surface area contributed by atoms with Gasteiger partial charge >= 0.3 is 0 Å². The molecule has 0 bridgehead atoms. The molecule has 0 fully saturated rings. The summed E-state index contributed by atoms with van der Waals surface area (Å²) >= 11 is 0. The average molecular weight is 340 g/mol. The van der Waals surface area contributed by atoms with Crippen LogP contribution in [0.25, 0.3) is 0 Å². The summed E-state index contributed by atoms with van der Waals surface area (Å²) in [6.45, 7) is 5.47. The van der Waals surface area contributed by atoms with E-state index in [1.54, 1.807) is 19.3 Å². The van der Waals surface area contributed by atoms with Crippen LogP contribution in [-0.4, -0.2) is 38.7 Å². The van der Waals surface area contributed by atoms with E-state index in [-0.39, 0.29) is 0 Å². The van der Waals surface area contributed by atoms with Crippen LogP contribution in [0.5, 0.6) is 0 Å². The number of primary sulfonamides is 1. The number of thiol groups is 1. The van der Waals surface area contributed by atoms with Crippen LogP contribution in [0.2, 0.25) is 0 Å². The first kappa shape index (κ1) is 19.9. The Morgan fingerprint density at radius 3 is 2.10 bits per heavy atom. The second-order valence-corrected chi connectivity index (χ2v) is 6.57. The highest BCUT2D eigenvalue weighted by atomic mass is 32.2. The van der Waals surface area contributed by atoms with Crippen LogP contribution in [0, 0.1) is 6.92 Å². The lowest BCUT2D eigenvalue weighted by Gasteiger charge is -2.20. The van der Waals surface area contributed by atoms with Gasteiger partial charge in [0.2, 0.25) is 10.0 Å². The largest absolute Gasteiger partial charge is 0.369 e. The van der Waals surface area contributed by atoms with Crippen LogP contribution >= 0.6 is 0 Å². The minimum Gasteiger partial charge on any atom is -0.369 e. The van der Waals surface area contributed by atoms with Crippen molar-refractivity contribution in [3.05, 3.63) is 23.8 Å². The van der Waals surface area contributed by atoms with Crippen LogP contribution < -0.4 is 10.3 Å². The molecule has 0 saturated heterocycles. The summed E-state index contributed by atoms with van der Waals surface area (Å²) in [7, 11) is -6.31. The van der Waals surface area contributed by atoms with Gasteiger partial charge in [0.1, 0.15) is 11.4 Å². The smallest absolute Gasteiger partial charge is 0.214 e. The van der Waals surface area contributed by atoms with E-state index in [0.717, 1.165) is 5.56 Å². The zero-order chi connectivity index (χ0) is 16.6. The van der Waals surface area contributed by atoms with Gasteiger partial charge in [-0.1, -0.05) is 0 Å². The normalized spacial score (nSPS) is 14.2. The number of ether oxygens (including phenoxy) is 1. The summed E-state index contributed by atoms with van der Waals surface area (Å²) < 4.78 is 45.7. The molecule has 4 N–H and O–H groups in total. The molecule has 0 aliphatic rings. The summed E-state index contributed by atoms with van der Waals surface area (Å²) in [6, 6.07) is 0. The molecule has 0 spiro atoms. The van der Waals surface area contributed by atoms with Gasteiger partial charge in [0.05, 0.1) is 0 Å². The number of hydrogen-bond donors (Lipinski definition) is 3. The zero-order valence-electron chi connectivity index (χ0n) is 12.0. The number of aryl methyl sites for hydroxylation is 1. The summed E-state index contributed by atoms with van der Waals surface area (Å²) in [6.07, 6.45) is 2.49. The predicted octanol–water partition coefficient (Wildman–Crippen LogP) is -0.989. The molecule has 0 radical (unpaired) electrons. The molecule has 11 heteroatoms. The van der Waals surface area contributed by atoms with Crippen LogP contribution in [0.3, 0.4) is 0 Å². The van der Waals surface area contributed by atoms with Crippen molar-refractivity contribution in [2.24, 2.45) is 10.3 Å². The fourth-order valence-corrected chi connectivity index (χ4v) is 1.87. The van der Waals surface area contributed by atoms with E-state index in [9.17, 15) is 8.42 Å². The fraction of sp³-hybridized carbons (Fsp3) is 0.600. The Bertz CT molecular complexity index is 592. The Morgan fingerprint density at radius 2 is 1.76 bits per heavy atom. The van der Waals surface area contributed by atoms with Crippen molar-refractivity contribution >= 4 is 20.9 Å². The Balaban J connectivity index is 0.000000885. The van der Waals surface area contributed by atoms with Crippen LogP contribution in [0.1, 0.15) is 31.3 Å². The SMILES string of the molecule is CCO[C@H](c1ncc(C)cn1)[C@H](C)S(N)(=O)=O.N[SH](=O)=O. The minimum atomic E-state index is -3.69. The van der Waals surface area contributed by atoms with Gasteiger partial charge in [0.15, 0.2) is 16.7 Å². The van der Waals surface area contributed by atoms with E-state index in [1.807, 2.05) is 6.92 Å². The maximum Gasteiger partial charge on any atom is 0.214 e. The number of nitrogens with zero attached hydrogens (tertiary/aromatic N) is 2. The molecule has 0 unspecified atom stereocenters. The van der Waals surface area contributed by atoms with Gasteiger partial charge in [0, 0.05) is 19.0 Å². The topological polar surface area (TPSA) is 155 Å². The first-order valence-corrected chi connectivity index (χ1v) is 8.76. The molecule has 0 aliphatic carbocycles. The molecular weight excluding hydrogens is 320 g/mol. The van der Waals surface area contributed by atoms with Crippen LogP contribution in [-0.2, 0) is 25.7 Å². The van der Waals surface area contributed by atoms with Gasteiger partial charge in [0.25, 0.3) is 0 Å². The Labute approximate surface area is 125 Å². The Morgan fingerprint density at radius 1 is 1.33 bits per heavy atom. The molecule has 9 nitrogen and oxygen atoms in total. The van der Waals surface area contributed by atoms with E-state index in [1.165, 1.54) is 6.92 Å². The molecule has 21 heavy (non-hydrogen) atoms. The van der Waals surface area contributed by atoms with E-state index in [0.29, 0.717) is 12.4 Å². The van der Waals surface area contributed by atoms with Crippen molar-refractivity contribution in [3.63, 3.8) is 0 Å². The number of rotatable bonds is 5. The lowest BCUT2D eigenvalue weighted by atomic mass is 10.2. The first-order valence-electron chi connectivity index (χ1n) is 5.90. The van der Waals surface area contributed by atoms with E-state index >= 15 is 0 Å². The van der Waals surface area contributed by atoms with Crippen molar-refractivity contribution in [2.75, 3.05) is 6.61 Å². The molecule has 0 amide bonds. The zero-order valence-corrected chi connectivity index (χ0v) is 13.7. The van der Waals surface area contributed by atoms with Gasteiger partial charge in [-0.25, -0.2) is 37.1 Å². The van der Waals surface area contributed by atoms with Gasteiger partial charge < -0.3 is 4.74 Å². The third-order valence-electron chi connectivity index (χ3n) is 2.35. The predicted molar refractivity (Wildman–Crippen MR) is 78.2 cm³/mol. The summed E-state index contributed by atoms with van der Waals surface area (Å²) in [5.41, 5.74) is 0.896. The van der Waals surface area contributed by atoms with Crippen LogP contribution in [0.15, 0.2) is 12.4 Å².